The minimum Gasteiger partial charge on any atom is -0.480 e. The van der Waals surface area contributed by atoms with Crippen LogP contribution in [-0.2, 0) is 5.60 Å². The fourth-order valence-corrected chi connectivity index (χ4v) is 5.11. The molecular weight excluding hydrogens is 500 g/mol. The van der Waals surface area contributed by atoms with Crippen LogP contribution in [-0.4, -0.2) is 49.5 Å². The topological polar surface area (TPSA) is 96.9 Å². The first-order valence-corrected chi connectivity index (χ1v) is 13.0. The first-order chi connectivity index (χ1) is 18.1. The van der Waals surface area contributed by atoms with E-state index in [1.165, 1.54) is 0 Å². The number of H-pyrrole nitrogens is 1. The molecule has 1 N–H and O–H groups in total. The van der Waals surface area contributed by atoms with Crippen molar-refractivity contribution in [3.05, 3.63) is 78.1 Å². The number of amides is 1. The average Bonchev–Trinajstić information content (AvgIpc) is 3.52. The van der Waals surface area contributed by atoms with E-state index in [1.807, 2.05) is 35.2 Å². The van der Waals surface area contributed by atoms with Crippen LogP contribution in [0.1, 0.15) is 62.0 Å². The third kappa shape index (κ3) is 5.41. The number of hydrogen-bond acceptors (Lipinski definition) is 6. The van der Waals surface area contributed by atoms with Crippen LogP contribution in [0.15, 0.2) is 66.9 Å². The number of ether oxygens (including phenoxy) is 1. The largest absolute Gasteiger partial charge is 0.480 e. The maximum atomic E-state index is 13.4. The molecule has 38 heavy (non-hydrogen) atoms. The Hall–Kier alpha value is -3.78. The first kappa shape index (κ1) is 27.3. The van der Waals surface area contributed by atoms with Gasteiger partial charge in [-0.3, -0.25) is 4.79 Å². The van der Waals surface area contributed by atoms with Crippen LogP contribution in [0, 0.1) is 0 Å². The van der Waals surface area contributed by atoms with Crippen LogP contribution in [0.5, 0.6) is 5.75 Å². The van der Waals surface area contributed by atoms with E-state index in [9.17, 15) is 4.79 Å². The number of nitrogens with one attached hydrogen (secondary N) is 1. The van der Waals surface area contributed by atoms with Crippen molar-refractivity contribution in [2.45, 2.75) is 51.6 Å². The Bertz CT molecular complexity index is 1340. The zero-order chi connectivity index (χ0) is 25.7. The molecule has 0 saturated carbocycles. The summed E-state index contributed by atoms with van der Waals surface area (Å²) >= 11 is 0. The summed E-state index contributed by atoms with van der Waals surface area (Å²) in [4.78, 5) is 19.7. The summed E-state index contributed by atoms with van der Waals surface area (Å²) in [5, 5.41) is 14.9. The molecule has 0 atom stereocenters. The summed E-state index contributed by atoms with van der Waals surface area (Å²) in [6, 6.07) is 20.1. The van der Waals surface area contributed by atoms with Crippen molar-refractivity contribution in [3.8, 4) is 28.3 Å². The molecule has 1 fully saturated rings. The minimum atomic E-state index is -0.673. The molecule has 4 aromatic rings. The second kappa shape index (κ2) is 12.2. The van der Waals surface area contributed by atoms with E-state index in [0.717, 1.165) is 54.6 Å². The number of piperidine rings is 1. The smallest absolute Gasteiger partial charge is 0.276 e. The number of carbonyl (C=O) groups is 1. The van der Waals surface area contributed by atoms with Crippen LogP contribution < -0.4 is 4.74 Å². The van der Waals surface area contributed by atoms with Gasteiger partial charge in [0.15, 0.2) is 11.4 Å². The van der Waals surface area contributed by atoms with E-state index in [4.69, 9.17) is 4.74 Å². The highest BCUT2D eigenvalue weighted by Crippen LogP contribution is 2.40. The van der Waals surface area contributed by atoms with E-state index in [2.05, 4.69) is 69.8 Å². The number of tetrazole rings is 1. The predicted molar refractivity (Wildman–Crippen MR) is 149 cm³/mol. The fourth-order valence-electron chi connectivity index (χ4n) is 5.11. The maximum absolute atomic E-state index is 13.4. The van der Waals surface area contributed by atoms with Gasteiger partial charge in [0, 0.05) is 24.8 Å². The molecule has 0 radical (unpaired) electrons. The molecule has 3 heterocycles. The van der Waals surface area contributed by atoms with Gasteiger partial charge in [-0.1, -0.05) is 56.3 Å². The van der Waals surface area contributed by atoms with E-state index in [1.54, 1.807) is 6.20 Å². The number of pyridine rings is 1. The molecule has 1 aliphatic rings. The number of aromatic nitrogens is 5. The molecule has 1 saturated heterocycles. The van der Waals surface area contributed by atoms with Crippen LogP contribution in [0.4, 0.5) is 0 Å². The molecule has 9 heteroatoms. The number of benzene rings is 2. The zero-order valence-electron chi connectivity index (χ0n) is 21.8. The third-order valence-corrected chi connectivity index (χ3v) is 7.28. The summed E-state index contributed by atoms with van der Waals surface area (Å²) in [6.07, 6.45) is 6.27. The Morgan fingerprint density at radius 2 is 1.74 bits per heavy atom. The number of hydrogen-bond donors (Lipinski definition) is 1. The first-order valence-electron chi connectivity index (χ1n) is 13.0. The van der Waals surface area contributed by atoms with E-state index >= 15 is 0 Å². The van der Waals surface area contributed by atoms with Crippen molar-refractivity contribution >= 4 is 18.3 Å². The van der Waals surface area contributed by atoms with Gasteiger partial charge in [0.2, 0.25) is 5.82 Å². The molecule has 198 valence electrons. The normalized spacial score (nSPS) is 13.6. The highest BCUT2D eigenvalue weighted by Gasteiger charge is 2.34. The summed E-state index contributed by atoms with van der Waals surface area (Å²) in [5.41, 5.74) is 3.62. The van der Waals surface area contributed by atoms with E-state index in [0.29, 0.717) is 30.1 Å². The maximum Gasteiger partial charge on any atom is 0.276 e. The Balaban J connectivity index is 0.00000336. The van der Waals surface area contributed by atoms with E-state index in [-0.39, 0.29) is 18.3 Å². The van der Waals surface area contributed by atoms with Gasteiger partial charge in [0.05, 0.1) is 0 Å². The molecule has 0 unspecified atom stereocenters. The summed E-state index contributed by atoms with van der Waals surface area (Å²) in [5.74, 6) is 0.961. The lowest BCUT2D eigenvalue weighted by molar-refractivity contribution is 0.0519. The minimum absolute atomic E-state index is 0. The molecule has 1 amide bonds. The third-order valence-electron chi connectivity index (χ3n) is 7.28. The van der Waals surface area contributed by atoms with Crippen molar-refractivity contribution in [2.75, 3.05) is 13.1 Å². The Kier molecular flexibility index (Phi) is 8.73. The number of halogens is 1. The molecule has 2 aromatic carbocycles. The van der Waals surface area contributed by atoms with Crippen molar-refractivity contribution in [2.24, 2.45) is 0 Å². The summed E-state index contributed by atoms with van der Waals surface area (Å²) in [7, 11) is 0. The molecule has 0 bridgehead atoms. The number of likely N-dealkylation sites (tertiary alicyclic amines) is 1. The molecule has 5 rings (SSSR count). The van der Waals surface area contributed by atoms with Gasteiger partial charge < -0.3 is 9.64 Å². The molecule has 1 aliphatic heterocycles. The SMILES string of the molecule is CCC(CC)(Oc1cccnc1C(=O)N1CCCCC1)c1ccc(-c2ccccc2)c(-c2nn[nH]n2)c1.Cl. The van der Waals surface area contributed by atoms with Gasteiger partial charge in [-0.2, -0.15) is 5.21 Å². The van der Waals surface area contributed by atoms with Gasteiger partial charge in [-0.05, 0) is 72.2 Å². The number of aromatic amines is 1. The van der Waals surface area contributed by atoms with Gasteiger partial charge in [-0.15, -0.1) is 22.6 Å². The number of rotatable bonds is 8. The molecule has 8 nitrogen and oxygen atoms in total. The molecule has 0 spiro atoms. The second-order valence-corrected chi connectivity index (χ2v) is 9.37. The van der Waals surface area contributed by atoms with Crippen LogP contribution in [0.25, 0.3) is 22.5 Å². The monoisotopic (exact) mass is 532 g/mol. The van der Waals surface area contributed by atoms with E-state index < -0.39 is 5.60 Å². The lowest BCUT2D eigenvalue weighted by atomic mass is 9.85. The Morgan fingerprint density at radius 1 is 0.974 bits per heavy atom. The van der Waals surface area contributed by atoms with Crippen LogP contribution in [0.2, 0.25) is 0 Å². The Labute approximate surface area is 229 Å². The van der Waals surface area contributed by atoms with Crippen molar-refractivity contribution < 1.29 is 9.53 Å². The average molecular weight is 533 g/mol. The fraction of sp³-hybridized carbons (Fsp3) is 0.345. The van der Waals surface area contributed by atoms with Gasteiger partial charge in [0.25, 0.3) is 5.91 Å². The van der Waals surface area contributed by atoms with Crippen LogP contribution in [0.3, 0.4) is 0 Å². The zero-order valence-corrected chi connectivity index (χ0v) is 22.6. The van der Waals surface area contributed by atoms with Gasteiger partial charge in [0.1, 0.15) is 5.60 Å². The number of carbonyl (C=O) groups excluding carboxylic acids is 1. The second-order valence-electron chi connectivity index (χ2n) is 9.37. The summed E-state index contributed by atoms with van der Waals surface area (Å²) in [6.45, 7) is 5.73. The lowest BCUT2D eigenvalue weighted by Crippen LogP contribution is -2.37. The van der Waals surface area contributed by atoms with Gasteiger partial charge >= 0.3 is 0 Å². The van der Waals surface area contributed by atoms with Crippen LogP contribution >= 0.6 is 12.4 Å². The quantitative estimate of drug-likeness (QED) is 0.296. The van der Waals surface area contributed by atoms with Crippen molar-refractivity contribution in [1.29, 1.82) is 0 Å². The van der Waals surface area contributed by atoms with Crippen molar-refractivity contribution in [1.82, 2.24) is 30.5 Å². The molecule has 2 aromatic heterocycles. The molecule has 0 aliphatic carbocycles. The predicted octanol–water partition coefficient (Wildman–Crippen LogP) is 6.07. The highest BCUT2D eigenvalue weighted by atomic mass is 35.5. The standard InChI is InChI=1S/C29H32N6O2.ClH/c1-3-29(4-2,37-25-14-11-17-30-26(25)28(36)35-18-9-6-10-19-35)22-15-16-23(21-12-7-5-8-13-21)24(20-22)27-31-33-34-32-27;/h5,7-8,11-17,20H,3-4,6,9-10,18-19H2,1-2H3,(H,31,32,33,34);1H. The number of nitrogens with zero attached hydrogens (tertiary/aromatic N) is 5. The van der Waals surface area contributed by atoms with Crippen molar-refractivity contribution in [3.63, 3.8) is 0 Å². The van der Waals surface area contributed by atoms with Gasteiger partial charge in [-0.25, -0.2) is 4.98 Å². The molecular formula is C29H33ClN6O2. The highest BCUT2D eigenvalue weighted by molar-refractivity contribution is 5.95. The lowest BCUT2D eigenvalue weighted by Gasteiger charge is -2.35. The summed E-state index contributed by atoms with van der Waals surface area (Å²) < 4.78 is 6.77. The Morgan fingerprint density at radius 3 is 2.42 bits per heavy atom.